The zero-order valence-electron chi connectivity index (χ0n) is 23.0. The van der Waals surface area contributed by atoms with Gasteiger partial charge in [-0.1, -0.05) is 36.4 Å². The molecule has 0 spiro atoms. The Hall–Kier alpha value is -4.33. The van der Waals surface area contributed by atoms with Gasteiger partial charge in [-0.05, 0) is 67.8 Å². The molecule has 2 aliphatic heterocycles. The lowest BCUT2D eigenvalue weighted by molar-refractivity contribution is -0.166. The highest BCUT2D eigenvalue weighted by atomic mass is 19.1. The van der Waals surface area contributed by atoms with Crippen molar-refractivity contribution in [2.75, 3.05) is 20.2 Å². The van der Waals surface area contributed by atoms with E-state index in [2.05, 4.69) is 11.1 Å². The van der Waals surface area contributed by atoms with Crippen molar-refractivity contribution >= 4 is 22.7 Å². The zero-order chi connectivity index (χ0) is 28.2. The number of aromatic amines is 1. The van der Waals surface area contributed by atoms with Gasteiger partial charge in [0.1, 0.15) is 12.4 Å². The van der Waals surface area contributed by atoms with Crippen LogP contribution in [0.4, 0.5) is 4.39 Å². The Morgan fingerprint density at radius 3 is 2.52 bits per heavy atom. The van der Waals surface area contributed by atoms with Crippen molar-refractivity contribution in [3.63, 3.8) is 0 Å². The van der Waals surface area contributed by atoms with E-state index in [0.717, 1.165) is 27.6 Å². The largest absolute Gasteiger partial charge is 0.493 e. The van der Waals surface area contributed by atoms with Crippen molar-refractivity contribution in [3.8, 4) is 11.5 Å². The number of hydrogen-bond donors (Lipinski definition) is 1. The van der Waals surface area contributed by atoms with Crippen LogP contribution in [0.3, 0.4) is 0 Å². The summed E-state index contributed by atoms with van der Waals surface area (Å²) in [5, 5.41) is 1.01. The van der Waals surface area contributed by atoms with E-state index in [4.69, 9.17) is 9.47 Å². The van der Waals surface area contributed by atoms with Crippen LogP contribution in [0.15, 0.2) is 66.7 Å². The summed E-state index contributed by atoms with van der Waals surface area (Å²) >= 11 is 0. The summed E-state index contributed by atoms with van der Waals surface area (Å²) in [5.74, 6) is 0.436. The molecule has 2 atom stereocenters. The van der Waals surface area contributed by atoms with Crippen LogP contribution in [0.2, 0.25) is 0 Å². The molecule has 1 N–H and O–H groups in total. The maximum atomic E-state index is 14.2. The molecule has 206 valence electrons. The molecule has 8 heteroatoms. The number of benzene rings is 3. The molecule has 6 rings (SSSR count). The quantitative estimate of drug-likeness (QED) is 0.358. The van der Waals surface area contributed by atoms with Gasteiger partial charge >= 0.3 is 0 Å². The molecular weight excluding hydrogens is 509 g/mol. The van der Waals surface area contributed by atoms with E-state index in [1.807, 2.05) is 57.2 Å². The van der Waals surface area contributed by atoms with Crippen molar-refractivity contribution in [2.45, 2.75) is 44.9 Å². The summed E-state index contributed by atoms with van der Waals surface area (Å²) in [6.07, 6.45) is -0.00908. The summed E-state index contributed by atoms with van der Waals surface area (Å²) < 4.78 is 25.1. The summed E-state index contributed by atoms with van der Waals surface area (Å²) in [6, 6.07) is 19.9. The Bertz CT molecular complexity index is 1610. The average molecular weight is 542 g/mol. The fourth-order valence-electron chi connectivity index (χ4n) is 6.17. The molecule has 0 radical (unpaired) electrons. The summed E-state index contributed by atoms with van der Waals surface area (Å²) in [4.78, 5) is 34.8. The van der Waals surface area contributed by atoms with E-state index in [1.165, 1.54) is 12.1 Å². The molecule has 3 aromatic carbocycles. The van der Waals surface area contributed by atoms with E-state index < -0.39 is 5.54 Å². The van der Waals surface area contributed by atoms with Gasteiger partial charge in [-0.25, -0.2) is 4.39 Å². The monoisotopic (exact) mass is 541 g/mol. The van der Waals surface area contributed by atoms with Gasteiger partial charge < -0.3 is 24.3 Å². The van der Waals surface area contributed by atoms with Crippen molar-refractivity contribution in [2.24, 2.45) is 0 Å². The maximum Gasteiger partial charge on any atom is 0.255 e. The van der Waals surface area contributed by atoms with Crippen LogP contribution in [-0.2, 0) is 21.7 Å². The first-order valence-corrected chi connectivity index (χ1v) is 13.5. The number of amides is 2. The van der Waals surface area contributed by atoms with Crippen LogP contribution in [-0.4, -0.2) is 52.9 Å². The van der Waals surface area contributed by atoms with Gasteiger partial charge in [0.2, 0.25) is 5.91 Å². The van der Waals surface area contributed by atoms with E-state index in [1.54, 1.807) is 29.0 Å². The highest BCUT2D eigenvalue weighted by molar-refractivity contribution is 6.01. The lowest BCUT2D eigenvalue weighted by Gasteiger charge is -2.51. The molecule has 2 amide bonds. The van der Waals surface area contributed by atoms with Crippen LogP contribution in [0.25, 0.3) is 10.9 Å². The number of para-hydroxylation sites is 1. The molecular formula is C32H32FN3O4. The minimum atomic E-state index is -1.22. The Morgan fingerprint density at radius 1 is 1.05 bits per heavy atom. The van der Waals surface area contributed by atoms with Gasteiger partial charge in [0.25, 0.3) is 5.91 Å². The number of ether oxygens (including phenoxy) is 2. The minimum absolute atomic E-state index is 0.00908. The first-order chi connectivity index (χ1) is 19.2. The fraction of sp³-hybridized carbons (Fsp3) is 0.312. The summed E-state index contributed by atoms with van der Waals surface area (Å²) in [6.45, 7) is 6.28. The number of carbonyl (C=O) groups excluding carboxylic acids is 2. The van der Waals surface area contributed by atoms with Crippen LogP contribution in [0.5, 0.6) is 11.5 Å². The van der Waals surface area contributed by atoms with Gasteiger partial charge in [0.15, 0.2) is 17.0 Å². The van der Waals surface area contributed by atoms with Gasteiger partial charge in [0, 0.05) is 29.9 Å². The molecule has 0 aliphatic carbocycles. The Kier molecular flexibility index (Phi) is 6.28. The number of aromatic nitrogens is 1. The van der Waals surface area contributed by atoms with Crippen molar-refractivity contribution in [1.82, 2.24) is 14.8 Å². The summed E-state index contributed by atoms with van der Waals surface area (Å²) in [7, 11) is 1.61. The molecule has 1 saturated heterocycles. The maximum absolute atomic E-state index is 14.2. The number of halogens is 1. The first kappa shape index (κ1) is 25.9. The zero-order valence-corrected chi connectivity index (χ0v) is 23.0. The third-order valence-corrected chi connectivity index (χ3v) is 8.06. The molecule has 4 aromatic rings. The number of nitrogens with one attached hydrogen (secondary N) is 1. The van der Waals surface area contributed by atoms with Gasteiger partial charge in [-0.2, -0.15) is 0 Å². The lowest BCUT2D eigenvalue weighted by Crippen LogP contribution is -2.67. The number of carbonyl (C=O) groups is 2. The second kappa shape index (κ2) is 9.70. The average Bonchev–Trinajstić information content (AvgIpc) is 3.34. The number of piperazine rings is 1. The molecule has 1 fully saturated rings. The molecule has 2 aliphatic rings. The van der Waals surface area contributed by atoms with Crippen molar-refractivity contribution in [1.29, 1.82) is 0 Å². The Labute approximate surface area is 232 Å². The van der Waals surface area contributed by atoms with E-state index in [0.29, 0.717) is 23.7 Å². The Morgan fingerprint density at radius 2 is 1.80 bits per heavy atom. The number of methoxy groups -OCH3 is 1. The van der Waals surface area contributed by atoms with Crippen LogP contribution < -0.4 is 9.47 Å². The smallest absolute Gasteiger partial charge is 0.255 e. The van der Waals surface area contributed by atoms with Gasteiger partial charge in [0.05, 0.1) is 18.9 Å². The second-order valence-corrected chi connectivity index (χ2v) is 11.0. The van der Waals surface area contributed by atoms with E-state index in [9.17, 15) is 14.0 Å². The number of rotatable bonds is 6. The highest BCUT2D eigenvalue weighted by Gasteiger charge is 2.56. The SMILES string of the molecule is COc1cc([C@@H]2CN3C(=O)CN(Cc4ccc(F)cc4)C(=O)[C@]3(C)c3[nH]c4ccccc4c32)ccc1OC(C)C. The predicted octanol–water partition coefficient (Wildman–Crippen LogP) is 5.33. The molecule has 1 aromatic heterocycles. The number of fused-ring (bicyclic) bond motifs is 5. The number of H-pyrrole nitrogens is 1. The third kappa shape index (κ3) is 4.10. The molecule has 40 heavy (non-hydrogen) atoms. The van der Waals surface area contributed by atoms with Crippen LogP contribution in [0.1, 0.15) is 49.1 Å². The second-order valence-electron chi connectivity index (χ2n) is 11.0. The summed E-state index contributed by atoms with van der Waals surface area (Å²) in [5.41, 5.74) is 3.14. The predicted molar refractivity (Wildman–Crippen MR) is 150 cm³/mol. The Balaban J connectivity index is 1.47. The molecule has 0 bridgehead atoms. The number of hydrogen-bond acceptors (Lipinski definition) is 4. The molecule has 7 nitrogen and oxygen atoms in total. The van der Waals surface area contributed by atoms with Crippen molar-refractivity contribution < 1.29 is 23.5 Å². The molecule has 3 heterocycles. The lowest BCUT2D eigenvalue weighted by atomic mass is 9.76. The first-order valence-electron chi connectivity index (χ1n) is 13.5. The fourth-order valence-corrected chi connectivity index (χ4v) is 6.17. The molecule has 0 saturated carbocycles. The third-order valence-electron chi connectivity index (χ3n) is 8.06. The van der Waals surface area contributed by atoms with Gasteiger partial charge in [-0.3, -0.25) is 9.59 Å². The van der Waals surface area contributed by atoms with Crippen LogP contribution in [0, 0.1) is 5.82 Å². The van der Waals surface area contributed by atoms with Gasteiger partial charge in [-0.15, -0.1) is 0 Å². The topological polar surface area (TPSA) is 74.9 Å². The van der Waals surface area contributed by atoms with E-state index >= 15 is 0 Å². The highest BCUT2D eigenvalue weighted by Crippen LogP contribution is 2.49. The van der Waals surface area contributed by atoms with Crippen LogP contribution >= 0.6 is 0 Å². The molecule has 0 unspecified atom stereocenters. The number of nitrogens with zero attached hydrogens (tertiary/aromatic N) is 2. The minimum Gasteiger partial charge on any atom is -0.493 e. The standard InChI is InChI=1S/C32H32FN3O4/c1-19(2)40-26-14-11-21(15-27(26)39-4)24-17-36-28(37)18-35(16-20-9-12-22(33)13-10-20)31(38)32(36,3)30-29(24)23-7-5-6-8-25(23)34-30/h5-15,19,24,34H,16-18H2,1-4H3/t24-,32-/m0/s1. The van der Waals surface area contributed by atoms with Crippen molar-refractivity contribution in [3.05, 3.63) is 94.9 Å². The normalized spacial score (nSPS) is 20.6. The van der Waals surface area contributed by atoms with E-state index in [-0.39, 0.29) is 42.7 Å².